The van der Waals surface area contributed by atoms with Gasteiger partial charge in [-0.3, -0.25) is 4.79 Å². The number of hydrogen-bond donors (Lipinski definition) is 2. The third-order valence-electron chi connectivity index (χ3n) is 4.26. The van der Waals surface area contributed by atoms with Crippen molar-refractivity contribution < 1.29 is 14.3 Å². The van der Waals surface area contributed by atoms with Crippen molar-refractivity contribution >= 4 is 17.6 Å². The zero-order valence-corrected chi connectivity index (χ0v) is 14.0. The van der Waals surface area contributed by atoms with Gasteiger partial charge >= 0.3 is 6.03 Å². The van der Waals surface area contributed by atoms with Crippen LogP contribution in [0.25, 0.3) is 5.69 Å². The minimum absolute atomic E-state index is 0.259. The zero-order valence-electron chi connectivity index (χ0n) is 14.0. The van der Waals surface area contributed by atoms with Gasteiger partial charge in [0.15, 0.2) is 0 Å². The van der Waals surface area contributed by atoms with Crippen LogP contribution in [-0.2, 0) is 4.79 Å². The Balaban J connectivity index is 1.76. The van der Waals surface area contributed by atoms with Gasteiger partial charge in [-0.15, -0.1) is 0 Å². The number of urea groups is 1. The summed E-state index contributed by atoms with van der Waals surface area (Å²) in [6, 6.07) is 6.93. The molecule has 1 aliphatic heterocycles. The molecule has 0 saturated carbocycles. The van der Waals surface area contributed by atoms with Crippen LogP contribution >= 0.6 is 0 Å². The van der Waals surface area contributed by atoms with E-state index in [1.807, 2.05) is 24.4 Å². The summed E-state index contributed by atoms with van der Waals surface area (Å²) in [5.41, 5.74) is 6.74. The second-order valence-electron chi connectivity index (χ2n) is 5.99. The second-order valence-corrected chi connectivity index (χ2v) is 5.99. The standard InChI is InChI=1S/C17H21N5O3/c1-25-15-9-13(8-14(10-15)22-7-3-5-19-22)20-17(24)21-6-2-4-12(11-21)16(18)23/h3,5,7-10,12H,2,4,6,11H2,1H3,(H2,18,23)(H,20,24). The molecule has 3 amide bonds. The summed E-state index contributed by atoms with van der Waals surface area (Å²) in [5, 5.41) is 7.05. The largest absolute Gasteiger partial charge is 0.497 e. The number of aromatic nitrogens is 2. The molecule has 3 N–H and O–H groups in total. The van der Waals surface area contributed by atoms with Crippen molar-refractivity contribution in [3.8, 4) is 11.4 Å². The SMILES string of the molecule is COc1cc(NC(=O)N2CCCC(C(N)=O)C2)cc(-n2cccn2)c1. The number of nitrogens with zero attached hydrogens (tertiary/aromatic N) is 3. The smallest absolute Gasteiger partial charge is 0.321 e. The van der Waals surface area contributed by atoms with Crippen molar-refractivity contribution in [3.63, 3.8) is 0 Å². The maximum Gasteiger partial charge on any atom is 0.321 e. The third kappa shape index (κ3) is 3.90. The number of amides is 3. The Hall–Kier alpha value is -3.03. The lowest BCUT2D eigenvalue weighted by Gasteiger charge is -2.31. The number of primary amides is 1. The highest BCUT2D eigenvalue weighted by molar-refractivity contribution is 5.90. The molecule has 1 fully saturated rings. The van der Waals surface area contributed by atoms with Gasteiger partial charge in [0.1, 0.15) is 5.75 Å². The Labute approximate surface area is 145 Å². The molecule has 2 aromatic rings. The van der Waals surface area contributed by atoms with Crippen LogP contribution in [0.5, 0.6) is 5.75 Å². The summed E-state index contributed by atoms with van der Waals surface area (Å²) < 4.78 is 6.98. The Morgan fingerprint density at radius 3 is 2.88 bits per heavy atom. The third-order valence-corrected chi connectivity index (χ3v) is 4.26. The van der Waals surface area contributed by atoms with Crippen LogP contribution in [0.15, 0.2) is 36.7 Å². The molecule has 0 radical (unpaired) electrons. The molecule has 25 heavy (non-hydrogen) atoms. The predicted octanol–water partition coefficient (Wildman–Crippen LogP) is 1.61. The fourth-order valence-corrected chi connectivity index (χ4v) is 2.92. The van der Waals surface area contributed by atoms with E-state index in [1.54, 1.807) is 29.0 Å². The van der Waals surface area contributed by atoms with Crippen LogP contribution in [-0.4, -0.2) is 46.8 Å². The van der Waals surface area contributed by atoms with Crippen LogP contribution in [0, 0.1) is 5.92 Å². The highest BCUT2D eigenvalue weighted by atomic mass is 16.5. The monoisotopic (exact) mass is 343 g/mol. The van der Waals surface area contributed by atoms with Crippen LogP contribution < -0.4 is 15.8 Å². The van der Waals surface area contributed by atoms with Crippen LogP contribution in [0.1, 0.15) is 12.8 Å². The highest BCUT2D eigenvalue weighted by Crippen LogP contribution is 2.24. The first-order chi connectivity index (χ1) is 12.1. The molecule has 1 saturated heterocycles. The summed E-state index contributed by atoms with van der Waals surface area (Å²) in [7, 11) is 1.57. The summed E-state index contributed by atoms with van der Waals surface area (Å²) in [6.07, 6.45) is 4.97. The molecule has 0 aliphatic carbocycles. The number of likely N-dealkylation sites (tertiary alicyclic amines) is 1. The minimum atomic E-state index is -0.361. The van der Waals surface area contributed by atoms with E-state index >= 15 is 0 Å². The van der Waals surface area contributed by atoms with Gasteiger partial charge in [0, 0.05) is 43.3 Å². The molecule has 0 bridgehead atoms. The number of benzene rings is 1. The van der Waals surface area contributed by atoms with E-state index in [1.165, 1.54) is 0 Å². The van der Waals surface area contributed by atoms with Crippen molar-refractivity contribution in [1.82, 2.24) is 14.7 Å². The molecule has 1 atom stereocenters. The van der Waals surface area contributed by atoms with Gasteiger partial charge in [-0.05, 0) is 25.0 Å². The molecule has 1 unspecified atom stereocenters. The fourth-order valence-electron chi connectivity index (χ4n) is 2.92. The Morgan fingerprint density at radius 2 is 2.20 bits per heavy atom. The molecule has 0 spiro atoms. The van der Waals surface area contributed by atoms with Crippen LogP contribution in [0.4, 0.5) is 10.5 Å². The maximum atomic E-state index is 12.5. The summed E-state index contributed by atoms with van der Waals surface area (Å²) in [5.74, 6) is -0.0405. The van der Waals surface area contributed by atoms with Crippen molar-refractivity contribution in [3.05, 3.63) is 36.7 Å². The highest BCUT2D eigenvalue weighted by Gasteiger charge is 2.27. The molecule has 1 aliphatic rings. The molecule has 8 heteroatoms. The molecular formula is C17H21N5O3. The lowest BCUT2D eigenvalue weighted by molar-refractivity contribution is -0.123. The number of nitrogens with one attached hydrogen (secondary N) is 1. The first kappa shape index (κ1) is 16.8. The number of piperidine rings is 1. The number of methoxy groups -OCH3 is 1. The maximum absolute atomic E-state index is 12.5. The minimum Gasteiger partial charge on any atom is -0.497 e. The summed E-state index contributed by atoms with van der Waals surface area (Å²) >= 11 is 0. The fraction of sp³-hybridized carbons (Fsp3) is 0.353. The van der Waals surface area contributed by atoms with E-state index in [2.05, 4.69) is 10.4 Å². The van der Waals surface area contributed by atoms with Crippen molar-refractivity contribution in [2.75, 3.05) is 25.5 Å². The van der Waals surface area contributed by atoms with Gasteiger partial charge in [-0.2, -0.15) is 5.10 Å². The van der Waals surface area contributed by atoms with Gasteiger partial charge in [-0.1, -0.05) is 0 Å². The summed E-state index contributed by atoms with van der Waals surface area (Å²) in [6.45, 7) is 0.947. The molecule has 2 heterocycles. The number of hydrogen-bond acceptors (Lipinski definition) is 4. The Kier molecular flexibility index (Phi) is 4.87. The molecule has 3 rings (SSSR count). The van der Waals surface area contributed by atoms with Gasteiger partial charge in [-0.25, -0.2) is 9.48 Å². The average Bonchev–Trinajstić information content (AvgIpc) is 3.16. The van der Waals surface area contributed by atoms with Gasteiger partial charge < -0.3 is 20.7 Å². The van der Waals surface area contributed by atoms with E-state index in [4.69, 9.17) is 10.5 Å². The molecular weight excluding hydrogens is 322 g/mol. The lowest BCUT2D eigenvalue weighted by Crippen LogP contribution is -2.45. The number of carbonyl (C=O) groups excluding carboxylic acids is 2. The van der Waals surface area contributed by atoms with E-state index < -0.39 is 0 Å². The van der Waals surface area contributed by atoms with Gasteiger partial charge in [0.2, 0.25) is 5.91 Å². The normalized spacial score (nSPS) is 17.2. The van der Waals surface area contributed by atoms with Gasteiger partial charge in [0.05, 0.1) is 18.7 Å². The summed E-state index contributed by atoms with van der Waals surface area (Å²) in [4.78, 5) is 25.5. The van der Waals surface area contributed by atoms with Crippen molar-refractivity contribution in [2.24, 2.45) is 11.7 Å². The average molecular weight is 343 g/mol. The molecule has 132 valence electrons. The number of rotatable bonds is 4. The number of carbonyl (C=O) groups is 2. The predicted molar refractivity (Wildman–Crippen MR) is 92.6 cm³/mol. The molecule has 1 aromatic heterocycles. The first-order valence-electron chi connectivity index (χ1n) is 8.11. The van der Waals surface area contributed by atoms with E-state index in [-0.39, 0.29) is 17.9 Å². The molecule has 8 nitrogen and oxygen atoms in total. The van der Waals surface area contributed by atoms with Crippen LogP contribution in [0.2, 0.25) is 0 Å². The first-order valence-corrected chi connectivity index (χ1v) is 8.11. The molecule has 1 aromatic carbocycles. The van der Waals surface area contributed by atoms with Gasteiger partial charge in [0.25, 0.3) is 0 Å². The number of ether oxygens (including phenoxy) is 1. The van der Waals surface area contributed by atoms with Crippen LogP contribution in [0.3, 0.4) is 0 Å². The zero-order chi connectivity index (χ0) is 17.8. The van der Waals surface area contributed by atoms with Crippen molar-refractivity contribution in [2.45, 2.75) is 12.8 Å². The van der Waals surface area contributed by atoms with E-state index in [0.717, 1.165) is 18.5 Å². The Morgan fingerprint density at radius 1 is 1.36 bits per heavy atom. The quantitative estimate of drug-likeness (QED) is 0.880. The number of nitrogens with two attached hydrogens (primary N) is 1. The lowest BCUT2D eigenvalue weighted by atomic mass is 9.98. The van der Waals surface area contributed by atoms with Crippen molar-refractivity contribution in [1.29, 1.82) is 0 Å². The Bertz CT molecular complexity index is 760. The van der Waals surface area contributed by atoms with E-state index in [0.29, 0.717) is 24.5 Å². The number of anilines is 1. The van der Waals surface area contributed by atoms with E-state index in [9.17, 15) is 9.59 Å². The second kappa shape index (κ2) is 7.25. The topological polar surface area (TPSA) is 102 Å².